The summed E-state index contributed by atoms with van der Waals surface area (Å²) in [6, 6.07) is 2.58. The molecule has 1 N–H and O–H groups in total. The Bertz CT molecular complexity index is 1040. The van der Waals surface area contributed by atoms with Gasteiger partial charge in [0.2, 0.25) is 0 Å². The number of aryl methyl sites for hydroxylation is 2. The molecule has 1 fully saturated rings. The van der Waals surface area contributed by atoms with E-state index in [1.165, 1.54) is 11.3 Å². The molecule has 2 aromatic heterocycles. The number of hydrogen-bond acceptors (Lipinski definition) is 6. The van der Waals surface area contributed by atoms with Crippen LogP contribution >= 0.6 is 0 Å². The van der Waals surface area contributed by atoms with Crippen molar-refractivity contribution in [3.8, 4) is 0 Å². The number of pyridine rings is 1. The van der Waals surface area contributed by atoms with E-state index in [1.807, 2.05) is 18.7 Å². The Kier molecular flexibility index (Phi) is 7.84. The Hall–Kier alpha value is -2.81. The lowest BCUT2D eigenvalue weighted by molar-refractivity contribution is 0.0651. The van der Waals surface area contributed by atoms with Crippen molar-refractivity contribution in [3.63, 3.8) is 0 Å². The molecule has 0 unspecified atom stereocenters. The molecular formula is C26H41N7O2. The summed E-state index contributed by atoms with van der Waals surface area (Å²) in [4.78, 5) is 23.8. The molecule has 0 aliphatic carbocycles. The van der Waals surface area contributed by atoms with E-state index >= 15 is 0 Å². The van der Waals surface area contributed by atoms with Crippen LogP contribution in [0.2, 0.25) is 0 Å². The summed E-state index contributed by atoms with van der Waals surface area (Å²) in [5.41, 5.74) is 6.92. The van der Waals surface area contributed by atoms with Crippen molar-refractivity contribution in [2.45, 2.75) is 65.5 Å². The Labute approximate surface area is 209 Å². The quantitative estimate of drug-likeness (QED) is 0.715. The highest BCUT2D eigenvalue weighted by Gasteiger charge is 2.34. The maximum Gasteiger partial charge on any atom is 0.317 e. The second-order valence-corrected chi connectivity index (χ2v) is 9.47. The predicted octanol–water partition coefficient (Wildman–Crippen LogP) is 3.81. The molecule has 5 heterocycles. The van der Waals surface area contributed by atoms with Crippen LogP contribution in [0.3, 0.4) is 0 Å². The third kappa shape index (κ3) is 4.83. The first-order valence-electron chi connectivity index (χ1n) is 13.1. The summed E-state index contributed by atoms with van der Waals surface area (Å²) in [6.07, 6.45) is 4.80. The van der Waals surface area contributed by atoms with Crippen molar-refractivity contribution >= 4 is 23.2 Å². The minimum atomic E-state index is -0.0309. The minimum absolute atomic E-state index is 0.0309. The number of carbonyl (C=O) groups excluding carboxylic acids is 1. The normalized spacial score (nSPS) is 17.8. The van der Waals surface area contributed by atoms with E-state index in [4.69, 9.17) is 14.8 Å². The molecule has 0 spiro atoms. The molecule has 192 valence electrons. The zero-order chi connectivity index (χ0) is 25.1. The van der Waals surface area contributed by atoms with Crippen molar-refractivity contribution in [1.29, 1.82) is 0 Å². The molecule has 1 saturated heterocycles. The van der Waals surface area contributed by atoms with Crippen molar-refractivity contribution in [2.24, 2.45) is 0 Å². The lowest BCUT2D eigenvalue weighted by Crippen LogP contribution is -2.42. The summed E-state index contributed by atoms with van der Waals surface area (Å²) in [5, 5.41) is 8.03. The summed E-state index contributed by atoms with van der Waals surface area (Å²) in [6.45, 7) is 9.84. The fourth-order valence-electron chi connectivity index (χ4n) is 5.46. The van der Waals surface area contributed by atoms with Gasteiger partial charge < -0.3 is 24.8 Å². The topological polar surface area (TPSA) is 78.8 Å². The second kappa shape index (κ2) is 10.8. The molecule has 0 bridgehead atoms. The molecule has 3 aliphatic heterocycles. The lowest BCUT2D eigenvalue weighted by atomic mass is 10.0. The molecule has 35 heavy (non-hydrogen) atoms. The summed E-state index contributed by atoms with van der Waals surface area (Å²) < 4.78 is 7.88. The molecule has 2 amide bonds. The number of aromatic nitrogens is 3. The zero-order valence-electron chi connectivity index (χ0n) is 22.2. The van der Waals surface area contributed by atoms with E-state index in [0.717, 1.165) is 80.4 Å². The maximum absolute atomic E-state index is 12.5. The van der Waals surface area contributed by atoms with Gasteiger partial charge in [0.25, 0.3) is 0 Å². The maximum atomic E-state index is 12.5. The molecule has 3 aliphatic rings. The Morgan fingerprint density at radius 2 is 1.91 bits per heavy atom. The van der Waals surface area contributed by atoms with Gasteiger partial charge in [-0.25, -0.2) is 4.79 Å². The third-order valence-corrected chi connectivity index (χ3v) is 7.17. The lowest BCUT2D eigenvalue weighted by Gasteiger charge is -2.33. The molecule has 0 saturated carbocycles. The third-order valence-electron chi connectivity index (χ3n) is 7.17. The van der Waals surface area contributed by atoms with E-state index in [9.17, 15) is 4.79 Å². The number of amides is 2. The van der Waals surface area contributed by atoms with Crippen LogP contribution in [0.25, 0.3) is 0 Å². The largest absolute Gasteiger partial charge is 0.381 e. The van der Waals surface area contributed by atoms with Crippen molar-refractivity contribution < 1.29 is 9.53 Å². The fraction of sp³-hybridized carbons (Fsp3) is 0.654. The van der Waals surface area contributed by atoms with Gasteiger partial charge in [0.05, 0.1) is 35.3 Å². The SMILES string of the molecule is CC.CNC(=O)N1CCc2c(c(N3CCCc4nc(C)c(N(C)C)cc43)nn2C2CCOCC2)C1. The van der Waals surface area contributed by atoms with Crippen LogP contribution < -0.4 is 15.1 Å². The standard InChI is InChI=1S/C24H35N7O2.C2H6/c1-16-21(28(3)4)14-22-19(26-16)6-5-10-30(22)23-18-15-29(24(32)25-2)11-7-20(18)31(27-23)17-8-12-33-13-9-17;1-2/h14,17H,5-13,15H2,1-4H3,(H,25,32);1-2H3. The average Bonchev–Trinajstić information content (AvgIpc) is 3.27. The highest BCUT2D eigenvalue weighted by atomic mass is 16.5. The Balaban J connectivity index is 0.00000141. The summed E-state index contributed by atoms with van der Waals surface area (Å²) in [7, 11) is 5.82. The van der Waals surface area contributed by atoms with Gasteiger partial charge in [-0.05, 0) is 38.7 Å². The van der Waals surface area contributed by atoms with E-state index in [2.05, 4.69) is 46.9 Å². The number of fused-ring (bicyclic) bond motifs is 2. The minimum Gasteiger partial charge on any atom is -0.381 e. The van der Waals surface area contributed by atoms with Gasteiger partial charge in [-0.2, -0.15) is 5.10 Å². The molecule has 9 nitrogen and oxygen atoms in total. The Morgan fingerprint density at radius 3 is 2.60 bits per heavy atom. The second-order valence-electron chi connectivity index (χ2n) is 9.47. The smallest absolute Gasteiger partial charge is 0.317 e. The van der Waals surface area contributed by atoms with Gasteiger partial charge in [0.15, 0.2) is 5.82 Å². The highest BCUT2D eigenvalue weighted by Crippen LogP contribution is 2.40. The predicted molar refractivity (Wildman–Crippen MR) is 140 cm³/mol. The molecule has 9 heteroatoms. The summed E-state index contributed by atoms with van der Waals surface area (Å²) >= 11 is 0. The van der Waals surface area contributed by atoms with Crippen LogP contribution in [-0.4, -0.2) is 73.1 Å². The molecule has 0 atom stereocenters. The first-order chi connectivity index (χ1) is 17.0. The van der Waals surface area contributed by atoms with Crippen LogP contribution in [0.1, 0.15) is 61.8 Å². The highest BCUT2D eigenvalue weighted by molar-refractivity contribution is 5.76. The van der Waals surface area contributed by atoms with Gasteiger partial charge in [-0.15, -0.1) is 0 Å². The van der Waals surface area contributed by atoms with Gasteiger partial charge in [0.1, 0.15) is 0 Å². The van der Waals surface area contributed by atoms with E-state index in [0.29, 0.717) is 19.1 Å². The Morgan fingerprint density at radius 1 is 1.17 bits per heavy atom. The van der Waals surface area contributed by atoms with Crippen LogP contribution in [0.4, 0.5) is 22.0 Å². The van der Waals surface area contributed by atoms with Crippen molar-refractivity contribution in [3.05, 3.63) is 28.7 Å². The molecule has 0 radical (unpaired) electrons. The van der Waals surface area contributed by atoms with Crippen LogP contribution in [0.15, 0.2) is 6.07 Å². The van der Waals surface area contributed by atoms with E-state index in [-0.39, 0.29) is 6.03 Å². The van der Waals surface area contributed by atoms with Gasteiger partial charge in [-0.3, -0.25) is 9.67 Å². The van der Waals surface area contributed by atoms with Crippen molar-refractivity contribution in [2.75, 3.05) is 57.2 Å². The molecule has 0 aromatic carbocycles. The molecule has 2 aromatic rings. The number of carbonyl (C=O) groups is 1. The van der Waals surface area contributed by atoms with Crippen molar-refractivity contribution in [1.82, 2.24) is 25.0 Å². The van der Waals surface area contributed by atoms with Gasteiger partial charge in [0, 0.05) is 65.1 Å². The number of nitrogens with zero attached hydrogens (tertiary/aromatic N) is 6. The van der Waals surface area contributed by atoms with Crippen LogP contribution in [0, 0.1) is 6.92 Å². The number of anilines is 3. The number of hydrogen-bond donors (Lipinski definition) is 1. The zero-order valence-corrected chi connectivity index (χ0v) is 22.2. The first-order valence-corrected chi connectivity index (χ1v) is 13.1. The number of rotatable bonds is 3. The fourth-order valence-corrected chi connectivity index (χ4v) is 5.46. The molecule has 5 rings (SSSR count). The number of ether oxygens (including phenoxy) is 1. The number of urea groups is 1. The monoisotopic (exact) mass is 483 g/mol. The van der Waals surface area contributed by atoms with Gasteiger partial charge >= 0.3 is 6.03 Å². The average molecular weight is 484 g/mol. The van der Waals surface area contributed by atoms with E-state index < -0.39 is 0 Å². The van der Waals surface area contributed by atoms with Crippen LogP contribution in [0.5, 0.6) is 0 Å². The first kappa shape index (κ1) is 25.3. The number of nitrogens with one attached hydrogen (secondary N) is 1. The molecular weight excluding hydrogens is 442 g/mol. The van der Waals surface area contributed by atoms with Gasteiger partial charge in [-0.1, -0.05) is 13.8 Å². The van der Waals surface area contributed by atoms with Crippen LogP contribution in [-0.2, 0) is 24.1 Å². The summed E-state index contributed by atoms with van der Waals surface area (Å²) in [5.74, 6) is 0.987. The van der Waals surface area contributed by atoms with E-state index in [1.54, 1.807) is 7.05 Å².